The molecule has 0 atom stereocenters. The molecular formula is C11H13ClN2O3. The fraction of sp³-hybridized carbons (Fsp3) is 0.364. The first-order chi connectivity index (χ1) is 8.11. The molecule has 0 unspecified atom stereocenters. The van der Waals surface area contributed by atoms with E-state index in [4.69, 9.17) is 11.6 Å². The molecule has 0 saturated carbocycles. The summed E-state index contributed by atoms with van der Waals surface area (Å²) in [7, 11) is 0. The topological polar surface area (TPSA) is 68.3 Å². The zero-order chi connectivity index (χ0) is 12.7. The number of carbonyl (C=O) groups excluding carboxylic acids is 2. The van der Waals surface area contributed by atoms with Crippen LogP contribution in [0.1, 0.15) is 12.5 Å². The standard InChI is InChI=1S/C11H13ClN2O3/c1-8(15)17-7-11(16)14-10-6-9(2-4-12)3-5-13-10/h3,5-6H,2,4,7H2,1H3,(H,13,14,16). The van der Waals surface area contributed by atoms with Gasteiger partial charge in [-0.2, -0.15) is 0 Å². The molecule has 1 aromatic rings. The fourth-order valence-corrected chi connectivity index (χ4v) is 1.37. The zero-order valence-electron chi connectivity index (χ0n) is 9.40. The van der Waals surface area contributed by atoms with Crippen LogP contribution in [0.5, 0.6) is 0 Å². The quantitative estimate of drug-likeness (QED) is 0.638. The van der Waals surface area contributed by atoms with Gasteiger partial charge in [0.1, 0.15) is 5.82 Å². The van der Waals surface area contributed by atoms with E-state index in [2.05, 4.69) is 15.0 Å². The van der Waals surface area contributed by atoms with Crippen LogP contribution in [-0.2, 0) is 20.7 Å². The Bertz CT molecular complexity index is 409. The monoisotopic (exact) mass is 256 g/mol. The van der Waals surface area contributed by atoms with E-state index in [1.165, 1.54) is 6.92 Å². The molecule has 1 amide bonds. The summed E-state index contributed by atoms with van der Waals surface area (Å²) in [5.74, 6) is 0.00897. The maximum Gasteiger partial charge on any atom is 0.303 e. The minimum Gasteiger partial charge on any atom is -0.456 e. The van der Waals surface area contributed by atoms with Crippen LogP contribution in [0.4, 0.5) is 5.82 Å². The molecule has 0 aliphatic rings. The minimum absolute atomic E-state index is 0.309. The highest BCUT2D eigenvalue weighted by Gasteiger charge is 2.05. The van der Waals surface area contributed by atoms with Gasteiger partial charge in [0.25, 0.3) is 5.91 Å². The Morgan fingerprint density at radius 3 is 2.94 bits per heavy atom. The van der Waals surface area contributed by atoms with Gasteiger partial charge in [0.05, 0.1) is 0 Å². The smallest absolute Gasteiger partial charge is 0.303 e. The second-order valence-electron chi connectivity index (χ2n) is 3.32. The van der Waals surface area contributed by atoms with Crippen molar-refractivity contribution in [2.24, 2.45) is 0 Å². The Balaban J connectivity index is 2.52. The number of esters is 1. The molecule has 0 radical (unpaired) electrons. The van der Waals surface area contributed by atoms with Gasteiger partial charge >= 0.3 is 5.97 Å². The fourth-order valence-electron chi connectivity index (χ4n) is 1.15. The Labute approximate surface area is 104 Å². The van der Waals surface area contributed by atoms with Crippen molar-refractivity contribution in [1.29, 1.82) is 0 Å². The normalized spacial score (nSPS) is 9.76. The molecule has 0 fully saturated rings. The van der Waals surface area contributed by atoms with E-state index in [1.807, 2.05) is 6.07 Å². The van der Waals surface area contributed by atoms with Gasteiger partial charge in [0, 0.05) is 19.0 Å². The van der Waals surface area contributed by atoms with Crippen molar-refractivity contribution < 1.29 is 14.3 Å². The van der Waals surface area contributed by atoms with E-state index in [-0.39, 0.29) is 6.61 Å². The van der Waals surface area contributed by atoms with Crippen molar-refractivity contribution in [3.05, 3.63) is 23.9 Å². The first-order valence-electron chi connectivity index (χ1n) is 5.06. The van der Waals surface area contributed by atoms with Gasteiger partial charge in [0.2, 0.25) is 0 Å². The number of anilines is 1. The number of aryl methyl sites for hydroxylation is 1. The van der Waals surface area contributed by atoms with Crippen LogP contribution < -0.4 is 5.32 Å². The van der Waals surface area contributed by atoms with Crippen LogP contribution >= 0.6 is 11.6 Å². The summed E-state index contributed by atoms with van der Waals surface area (Å²) in [5, 5.41) is 2.53. The third kappa shape index (κ3) is 5.31. The SMILES string of the molecule is CC(=O)OCC(=O)Nc1cc(CCCl)ccn1. The Hall–Kier alpha value is -1.62. The number of alkyl halides is 1. The molecule has 5 nitrogen and oxygen atoms in total. The summed E-state index contributed by atoms with van der Waals surface area (Å²) in [4.78, 5) is 25.8. The predicted molar refractivity (Wildman–Crippen MR) is 63.9 cm³/mol. The average molecular weight is 257 g/mol. The number of nitrogens with zero attached hydrogens (tertiary/aromatic N) is 1. The summed E-state index contributed by atoms with van der Waals surface area (Å²) in [5.41, 5.74) is 0.984. The third-order valence-corrected chi connectivity index (χ3v) is 2.07. The first-order valence-corrected chi connectivity index (χ1v) is 5.59. The number of amides is 1. The van der Waals surface area contributed by atoms with Crippen molar-refractivity contribution in [1.82, 2.24) is 4.98 Å². The molecule has 0 saturated heterocycles. The van der Waals surface area contributed by atoms with Gasteiger partial charge in [0.15, 0.2) is 6.61 Å². The van der Waals surface area contributed by atoms with E-state index < -0.39 is 11.9 Å². The third-order valence-electron chi connectivity index (χ3n) is 1.88. The van der Waals surface area contributed by atoms with Crippen molar-refractivity contribution in [2.45, 2.75) is 13.3 Å². The number of pyridine rings is 1. The number of nitrogens with one attached hydrogen (secondary N) is 1. The summed E-state index contributed by atoms with van der Waals surface area (Å²) in [6.07, 6.45) is 2.29. The number of carbonyl (C=O) groups is 2. The van der Waals surface area contributed by atoms with Gasteiger partial charge in [-0.05, 0) is 24.1 Å². The number of hydrogen-bond acceptors (Lipinski definition) is 4. The summed E-state index contributed by atoms with van der Waals surface area (Å²) in [6.45, 7) is 0.934. The molecule has 0 aliphatic heterocycles. The van der Waals surface area contributed by atoms with Crippen LogP contribution in [-0.4, -0.2) is 29.3 Å². The van der Waals surface area contributed by atoms with Crippen molar-refractivity contribution in [2.75, 3.05) is 17.8 Å². The minimum atomic E-state index is -0.496. The Morgan fingerprint density at radius 2 is 2.29 bits per heavy atom. The highest BCUT2D eigenvalue weighted by Crippen LogP contribution is 2.08. The van der Waals surface area contributed by atoms with Crippen LogP contribution in [0, 0.1) is 0 Å². The van der Waals surface area contributed by atoms with E-state index in [9.17, 15) is 9.59 Å². The van der Waals surface area contributed by atoms with Gasteiger partial charge < -0.3 is 10.1 Å². The number of halogens is 1. The number of aromatic nitrogens is 1. The van der Waals surface area contributed by atoms with Crippen LogP contribution in [0.3, 0.4) is 0 Å². The molecule has 1 heterocycles. The molecule has 1 aromatic heterocycles. The number of hydrogen-bond donors (Lipinski definition) is 1. The molecule has 6 heteroatoms. The Kier molecular flexibility index (Phi) is 5.42. The van der Waals surface area contributed by atoms with Crippen LogP contribution in [0.2, 0.25) is 0 Å². The lowest BCUT2D eigenvalue weighted by molar-refractivity contribution is -0.144. The van der Waals surface area contributed by atoms with Crippen molar-refractivity contribution >= 4 is 29.3 Å². The lowest BCUT2D eigenvalue weighted by atomic mass is 10.2. The highest BCUT2D eigenvalue weighted by molar-refractivity contribution is 6.18. The highest BCUT2D eigenvalue weighted by atomic mass is 35.5. The Morgan fingerprint density at radius 1 is 1.53 bits per heavy atom. The molecule has 1 rings (SSSR count). The lowest BCUT2D eigenvalue weighted by Crippen LogP contribution is -2.20. The molecule has 1 N–H and O–H groups in total. The molecular weight excluding hydrogens is 244 g/mol. The molecule has 0 aromatic carbocycles. The van der Waals surface area contributed by atoms with E-state index >= 15 is 0 Å². The summed E-state index contributed by atoms with van der Waals surface area (Å²) in [6, 6.07) is 3.55. The van der Waals surface area contributed by atoms with Crippen LogP contribution in [0.15, 0.2) is 18.3 Å². The second kappa shape index (κ2) is 6.85. The predicted octanol–water partition coefficient (Wildman–Crippen LogP) is 1.36. The molecule has 92 valence electrons. The van der Waals surface area contributed by atoms with Gasteiger partial charge in [-0.25, -0.2) is 4.98 Å². The van der Waals surface area contributed by atoms with Gasteiger partial charge in [-0.3, -0.25) is 9.59 Å². The second-order valence-corrected chi connectivity index (χ2v) is 3.69. The van der Waals surface area contributed by atoms with Crippen molar-refractivity contribution in [3.63, 3.8) is 0 Å². The van der Waals surface area contributed by atoms with Gasteiger partial charge in [-0.15, -0.1) is 11.6 Å². The number of ether oxygens (including phenoxy) is 1. The van der Waals surface area contributed by atoms with Crippen LogP contribution in [0.25, 0.3) is 0 Å². The van der Waals surface area contributed by atoms with E-state index in [0.29, 0.717) is 18.1 Å². The lowest BCUT2D eigenvalue weighted by Gasteiger charge is -2.05. The maximum atomic E-state index is 11.3. The van der Waals surface area contributed by atoms with E-state index in [0.717, 1.165) is 5.56 Å². The first kappa shape index (κ1) is 13.4. The van der Waals surface area contributed by atoms with Crippen molar-refractivity contribution in [3.8, 4) is 0 Å². The molecule has 0 aliphatic carbocycles. The molecule has 0 spiro atoms. The molecule has 17 heavy (non-hydrogen) atoms. The summed E-state index contributed by atoms with van der Waals surface area (Å²) < 4.78 is 4.55. The van der Waals surface area contributed by atoms with Gasteiger partial charge in [-0.1, -0.05) is 0 Å². The largest absolute Gasteiger partial charge is 0.456 e. The maximum absolute atomic E-state index is 11.3. The van der Waals surface area contributed by atoms with E-state index in [1.54, 1.807) is 12.3 Å². The zero-order valence-corrected chi connectivity index (χ0v) is 10.2. The summed E-state index contributed by atoms with van der Waals surface area (Å²) >= 11 is 5.61. The average Bonchev–Trinajstić information content (AvgIpc) is 2.27. The molecule has 0 bridgehead atoms. The number of rotatable bonds is 5.